The van der Waals surface area contributed by atoms with Crippen molar-refractivity contribution >= 4 is 33.3 Å². The number of hydrogen-bond acceptors (Lipinski definition) is 5. The number of halogens is 1. The predicted octanol–water partition coefficient (Wildman–Crippen LogP) is 6.18. The number of anilines is 1. The Labute approximate surface area is 231 Å². The summed E-state index contributed by atoms with van der Waals surface area (Å²) in [5.74, 6) is -0.611. The highest BCUT2D eigenvalue weighted by Gasteiger charge is 2.48. The van der Waals surface area contributed by atoms with Crippen molar-refractivity contribution in [1.82, 2.24) is 0 Å². The summed E-state index contributed by atoms with van der Waals surface area (Å²) in [6, 6.07) is 26.6. The Kier molecular flexibility index (Phi) is 7.46. The van der Waals surface area contributed by atoms with E-state index in [1.165, 1.54) is 18.2 Å². The summed E-state index contributed by atoms with van der Waals surface area (Å²) in [5, 5.41) is 22.2. The molecule has 4 aromatic carbocycles. The van der Waals surface area contributed by atoms with Gasteiger partial charge in [-0.05, 0) is 65.9 Å². The molecule has 3 atom stereocenters. The SMILES string of the molecule is O=C1C(CCC(O)c2ccccc2Cl)C(c2ccc(-c3cccc(S(=O)(=O)O)c3)c(O)c2)N1c1ccccc1. The van der Waals surface area contributed by atoms with E-state index >= 15 is 0 Å². The van der Waals surface area contributed by atoms with Crippen LogP contribution in [0.2, 0.25) is 5.02 Å². The molecule has 0 bridgehead atoms. The number of aliphatic hydroxyl groups is 1. The van der Waals surface area contributed by atoms with Gasteiger partial charge in [-0.15, -0.1) is 0 Å². The van der Waals surface area contributed by atoms with E-state index in [0.717, 1.165) is 5.69 Å². The Balaban J connectivity index is 1.45. The Morgan fingerprint density at radius 3 is 2.31 bits per heavy atom. The zero-order chi connectivity index (χ0) is 27.7. The maximum absolute atomic E-state index is 13.3. The van der Waals surface area contributed by atoms with Gasteiger partial charge in [0.2, 0.25) is 5.91 Å². The van der Waals surface area contributed by atoms with Crippen molar-refractivity contribution in [1.29, 1.82) is 0 Å². The molecule has 1 aliphatic heterocycles. The Hall–Kier alpha value is -3.69. The third-order valence-electron chi connectivity index (χ3n) is 7.07. The first-order chi connectivity index (χ1) is 18.6. The van der Waals surface area contributed by atoms with Gasteiger partial charge in [-0.2, -0.15) is 8.42 Å². The molecule has 1 amide bonds. The van der Waals surface area contributed by atoms with Gasteiger partial charge in [0.1, 0.15) is 5.75 Å². The highest BCUT2D eigenvalue weighted by molar-refractivity contribution is 7.85. The van der Waals surface area contributed by atoms with Crippen LogP contribution < -0.4 is 4.90 Å². The van der Waals surface area contributed by atoms with Gasteiger partial charge < -0.3 is 15.1 Å². The summed E-state index contributed by atoms with van der Waals surface area (Å²) < 4.78 is 32.6. The molecule has 0 radical (unpaired) electrons. The monoisotopic (exact) mass is 563 g/mol. The fourth-order valence-electron chi connectivity index (χ4n) is 5.13. The van der Waals surface area contributed by atoms with Crippen LogP contribution in [0, 0.1) is 5.92 Å². The lowest BCUT2D eigenvalue weighted by atomic mass is 9.78. The molecule has 1 aliphatic rings. The molecule has 0 aliphatic carbocycles. The Bertz CT molecular complexity index is 1630. The largest absolute Gasteiger partial charge is 0.507 e. The summed E-state index contributed by atoms with van der Waals surface area (Å²) in [4.78, 5) is 14.7. The smallest absolute Gasteiger partial charge is 0.294 e. The second-order valence-corrected chi connectivity index (χ2v) is 11.3. The molecule has 0 saturated carbocycles. The Morgan fingerprint density at radius 2 is 1.62 bits per heavy atom. The van der Waals surface area contributed by atoms with Gasteiger partial charge in [0.05, 0.1) is 23.0 Å². The van der Waals surface area contributed by atoms with Crippen molar-refractivity contribution in [2.24, 2.45) is 5.92 Å². The number of hydrogen-bond donors (Lipinski definition) is 3. The standard InChI is InChI=1S/C30H26ClNO6S/c31-26-12-5-4-11-24(26)27(33)16-15-25-29(32(30(25)35)21-8-2-1-3-9-21)20-13-14-23(28(34)18-20)19-7-6-10-22(17-19)39(36,37)38/h1-14,17-18,25,27,29,33-34H,15-16H2,(H,36,37,38). The first-order valence-corrected chi connectivity index (χ1v) is 14.2. The number of rotatable bonds is 8. The zero-order valence-electron chi connectivity index (χ0n) is 20.7. The second-order valence-electron chi connectivity index (χ2n) is 9.49. The van der Waals surface area contributed by atoms with Crippen molar-refractivity contribution in [2.45, 2.75) is 29.9 Å². The molecule has 5 rings (SSSR count). The summed E-state index contributed by atoms with van der Waals surface area (Å²) >= 11 is 6.25. The van der Waals surface area contributed by atoms with Gasteiger partial charge in [0.25, 0.3) is 10.1 Å². The van der Waals surface area contributed by atoms with Crippen LogP contribution in [0.3, 0.4) is 0 Å². The van der Waals surface area contributed by atoms with Gasteiger partial charge in [-0.1, -0.05) is 72.3 Å². The summed E-state index contributed by atoms with van der Waals surface area (Å²) in [7, 11) is -4.40. The molecule has 9 heteroatoms. The van der Waals surface area contributed by atoms with Crippen molar-refractivity contribution < 1.29 is 28.0 Å². The second kappa shape index (κ2) is 10.8. The molecular formula is C30H26ClNO6S. The molecule has 3 unspecified atom stereocenters. The number of para-hydroxylation sites is 1. The van der Waals surface area contributed by atoms with Crippen LogP contribution in [-0.4, -0.2) is 29.1 Å². The number of phenols is 1. The zero-order valence-corrected chi connectivity index (χ0v) is 22.3. The molecule has 1 saturated heterocycles. The van der Waals surface area contributed by atoms with Crippen molar-refractivity contribution in [3.8, 4) is 16.9 Å². The van der Waals surface area contributed by atoms with Gasteiger partial charge in [0, 0.05) is 16.3 Å². The summed E-state index contributed by atoms with van der Waals surface area (Å²) in [6.45, 7) is 0. The third kappa shape index (κ3) is 5.42. The number of carbonyl (C=O) groups is 1. The fourth-order valence-corrected chi connectivity index (χ4v) is 5.91. The maximum Gasteiger partial charge on any atom is 0.294 e. The van der Waals surface area contributed by atoms with Crippen LogP contribution in [0.25, 0.3) is 11.1 Å². The number of aliphatic hydroxyl groups excluding tert-OH is 1. The molecule has 39 heavy (non-hydrogen) atoms. The van der Waals surface area contributed by atoms with Crippen molar-refractivity contribution in [3.05, 3.63) is 113 Å². The molecule has 1 heterocycles. The van der Waals surface area contributed by atoms with E-state index in [0.29, 0.717) is 40.1 Å². The normalized spacial score (nSPS) is 18.0. The van der Waals surface area contributed by atoms with Crippen LogP contribution in [0.5, 0.6) is 5.75 Å². The van der Waals surface area contributed by atoms with E-state index in [-0.39, 0.29) is 22.6 Å². The topological polar surface area (TPSA) is 115 Å². The number of phenolic OH excluding ortho intramolecular Hbond substituents is 1. The maximum atomic E-state index is 13.3. The van der Waals surface area contributed by atoms with Crippen LogP contribution in [0.15, 0.2) is 102 Å². The summed E-state index contributed by atoms with van der Waals surface area (Å²) in [5.41, 5.74) is 2.82. The first-order valence-electron chi connectivity index (χ1n) is 12.4. The minimum atomic E-state index is -4.40. The van der Waals surface area contributed by atoms with Gasteiger partial charge in [-0.25, -0.2) is 0 Å². The number of aromatic hydroxyl groups is 1. The lowest BCUT2D eigenvalue weighted by Gasteiger charge is -2.48. The number of benzene rings is 4. The van der Waals surface area contributed by atoms with Crippen molar-refractivity contribution in [2.75, 3.05) is 4.90 Å². The summed E-state index contributed by atoms with van der Waals surface area (Å²) in [6.07, 6.45) is -0.104. The number of amides is 1. The quantitative estimate of drug-likeness (QED) is 0.174. The van der Waals surface area contributed by atoms with E-state index in [9.17, 15) is 28.0 Å². The van der Waals surface area contributed by atoms with E-state index in [1.54, 1.807) is 53.4 Å². The highest BCUT2D eigenvalue weighted by Crippen LogP contribution is 2.47. The molecule has 200 valence electrons. The van der Waals surface area contributed by atoms with E-state index in [2.05, 4.69) is 0 Å². The number of carbonyl (C=O) groups excluding carboxylic acids is 1. The Morgan fingerprint density at radius 1 is 0.897 bits per heavy atom. The minimum Gasteiger partial charge on any atom is -0.507 e. The number of nitrogens with zero attached hydrogens (tertiary/aromatic N) is 1. The molecule has 3 N–H and O–H groups in total. The number of β-lactam (4-membered cyclic amide) rings is 1. The lowest BCUT2D eigenvalue weighted by Crippen LogP contribution is -2.55. The van der Waals surface area contributed by atoms with Crippen LogP contribution >= 0.6 is 11.6 Å². The molecule has 4 aromatic rings. The van der Waals surface area contributed by atoms with E-state index in [4.69, 9.17) is 11.6 Å². The van der Waals surface area contributed by atoms with Crippen LogP contribution in [0.1, 0.15) is 36.1 Å². The molecular weight excluding hydrogens is 538 g/mol. The van der Waals surface area contributed by atoms with Gasteiger partial charge in [-0.3, -0.25) is 9.35 Å². The average molecular weight is 564 g/mol. The van der Waals surface area contributed by atoms with Crippen molar-refractivity contribution in [3.63, 3.8) is 0 Å². The van der Waals surface area contributed by atoms with Crippen LogP contribution in [-0.2, 0) is 14.9 Å². The molecule has 0 aromatic heterocycles. The molecule has 0 spiro atoms. The van der Waals surface area contributed by atoms with Gasteiger partial charge >= 0.3 is 0 Å². The van der Waals surface area contributed by atoms with E-state index < -0.39 is 22.1 Å². The van der Waals surface area contributed by atoms with E-state index in [1.807, 2.05) is 30.3 Å². The minimum absolute atomic E-state index is 0.0815. The third-order valence-corrected chi connectivity index (χ3v) is 8.26. The predicted molar refractivity (Wildman–Crippen MR) is 149 cm³/mol. The molecule has 7 nitrogen and oxygen atoms in total. The first kappa shape index (κ1) is 26.9. The lowest BCUT2D eigenvalue weighted by molar-refractivity contribution is -0.131. The molecule has 1 fully saturated rings. The fraction of sp³-hybridized carbons (Fsp3) is 0.167. The van der Waals surface area contributed by atoms with Crippen LogP contribution in [0.4, 0.5) is 5.69 Å². The highest BCUT2D eigenvalue weighted by atomic mass is 35.5. The van der Waals surface area contributed by atoms with Gasteiger partial charge in [0.15, 0.2) is 0 Å². The average Bonchev–Trinajstić information content (AvgIpc) is 2.92.